The van der Waals surface area contributed by atoms with Crippen LogP contribution in [0.5, 0.6) is 0 Å². The lowest BCUT2D eigenvalue weighted by Crippen LogP contribution is -2.14. The molecule has 0 aliphatic carbocycles. The molecular weight excluding hydrogens is 408 g/mol. The van der Waals surface area contributed by atoms with E-state index in [1.807, 2.05) is 6.07 Å². The molecule has 0 fully saturated rings. The number of halogens is 1. The van der Waals surface area contributed by atoms with E-state index in [0.29, 0.717) is 5.56 Å². The molecule has 0 bridgehead atoms. The maximum Gasteiger partial charge on any atom is 0.283 e. The average molecular weight is 423 g/mol. The molecule has 3 aromatic carbocycles. The molecule has 3 aromatic rings. The Morgan fingerprint density at radius 2 is 1.44 bits per heavy atom. The van der Waals surface area contributed by atoms with Crippen LogP contribution in [0, 0.1) is 10.1 Å². The molecule has 6 nitrogen and oxygen atoms in total. The molecule has 0 radical (unpaired) electrons. The van der Waals surface area contributed by atoms with Gasteiger partial charge in [-0.3, -0.25) is 10.1 Å². The Kier molecular flexibility index (Phi) is 6.61. The summed E-state index contributed by atoms with van der Waals surface area (Å²) in [5, 5.41) is 16.9. The zero-order valence-electron chi connectivity index (χ0n) is 13.8. The molecule has 0 aromatic heterocycles. The third kappa shape index (κ3) is 4.67. The quantitative estimate of drug-likeness (QED) is 0.482. The highest BCUT2D eigenvalue weighted by atomic mass is 35.5. The van der Waals surface area contributed by atoms with E-state index in [-0.39, 0.29) is 33.4 Å². The first kappa shape index (κ1) is 20.9. The first-order valence-corrected chi connectivity index (χ1v) is 9.87. The van der Waals surface area contributed by atoms with Gasteiger partial charge in [-0.15, -0.1) is 12.4 Å². The summed E-state index contributed by atoms with van der Waals surface area (Å²) in [6, 6.07) is 20.0. The Balaban J connectivity index is 0.00000261. The molecule has 0 unspecified atom stereocenters. The second-order valence-corrected chi connectivity index (χ2v) is 7.98. The number of primary sulfonamides is 1. The van der Waals surface area contributed by atoms with E-state index >= 15 is 0 Å². The van der Waals surface area contributed by atoms with Crippen LogP contribution in [0.25, 0.3) is 11.1 Å². The summed E-state index contributed by atoms with van der Waals surface area (Å²) in [6.45, 7) is 0. The van der Waals surface area contributed by atoms with Crippen molar-refractivity contribution in [1.29, 1.82) is 0 Å². The van der Waals surface area contributed by atoms with Crippen LogP contribution in [0.1, 0.15) is 0 Å². The molecule has 0 aliphatic heterocycles. The Hall–Kier alpha value is -2.39. The predicted molar refractivity (Wildman–Crippen MR) is 108 cm³/mol. The molecule has 0 amide bonds. The first-order chi connectivity index (χ1) is 12.4. The summed E-state index contributed by atoms with van der Waals surface area (Å²) >= 11 is 1.13. The van der Waals surface area contributed by atoms with Crippen molar-refractivity contribution in [1.82, 2.24) is 0 Å². The minimum Gasteiger partial charge on any atom is -0.258 e. The topological polar surface area (TPSA) is 103 Å². The van der Waals surface area contributed by atoms with Gasteiger partial charge in [0.15, 0.2) is 0 Å². The molecule has 140 valence electrons. The van der Waals surface area contributed by atoms with Crippen molar-refractivity contribution in [3.05, 3.63) is 82.9 Å². The maximum atomic E-state index is 12.1. The van der Waals surface area contributed by atoms with Gasteiger partial charge in [0.25, 0.3) is 5.69 Å². The van der Waals surface area contributed by atoms with E-state index in [4.69, 9.17) is 5.14 Å². The number of nitrogens with zero attached hydrogens (tertiary/aromatic N) is 1. The highest BCUT2D eigenvalue weighted by Gasteiger charge is 2.27. The van der Waals surface area contributed by atoms with Crippen LogP contribution >= 0.6 is 24.2 Å². The fraction of sp³-hybridized carbons (Fsp3) is 0. The Labute approximate surface area is 167 Å². The molecule has 0 atom stereocenters. The van der Waals surface area contributed by atoms with E-state index in [1.165, 1.54) is 12.1 Å². The molecule has 27 heavy (non-hydrogen) atoms. The van der Waals surface area contributed by atoms with Crippen LogP contribution in [0.2, 0.25) is 0 Å². The third-order valence-corrected chi connectivity index (χ3v) is 5.71. The number of rotatable bonds is 5. The monoisotopic (exact) mass is 422 g/mol. The zero-order valence-corrected chi connectivity index (χ0v) is 16.3. The van der Waals surface area contributed by atoms with Crippen molar-refractivity contribution < 1.29 is 13.3 Å². The normalized spacial score (nSPS) is 10.9. The Morgan fingerprint density at radius 3 is 1.96 bits per heavy atom. The second kappa shape index (κ2) is 8.53. The molecule has 0 heterocycles. The van der Waals surface area contributed by atoms with Gasteiger partial charge in [-0.25, -0.2) is 13.6 Å². The number of nitro groups is 1. The van der Waals surface area contributed by atoms with Crippen LogP contribution in [0.4, 0.5) is 5.69 Å². The van der Waals surface area contributed by atoms with Crippen LogP contribution < -0.4 is 5.14 Å². The van der Waals surface area contributed by atoms with E-state index in [2.05, 4.69) is 0 Å². The summed E-state index contributed by atoms with van der Waals surface area (Å²) in [5.41, 5.74) is 0.597. The van der Waals surface area contributed by atoms with Crippen LogP contribution in [0.3, 0.4) is 0 Å². The van der Waals surface area contributed by atoms with E-state index in [0.717, 1.165) is 16.7 Å². The fourth-order valence-corrected chi connectivity index (χ4v) is 4.46. The smallest absolute Gasteiger partial charge is 0.258 e. The summed E-state index contributed by atoms with van der Waals surface area (Å²) < 4.78 is 24.2. The number of benzene rings is 3. The number of nitrogens with two attached hydrogens (primary N) is 1. The van der Waals surface area contributed by atoms with Crippen molar-refractivity contribution >= 4 is 39.9 Å². The molecule has 0 aliphatic rings. The van der Waals surface area contributed by atoms with E-state index in [1.54, 1.807) is 54.6 Å². The van der Waals surface area contributed by atoms with Crippen LogP contribution in [-0.4, -0.2) is 13.3 Å². The minimum absolute atomic E-state index is 0. The van der Waals surface area contributed by atoms with Gasteiger partial charge in [0, 0.05) is 16.5 Å². The maximum absolute atomic E-state index is 12.1. The molecule has 0 saturated carbocycles. The largest absolute Gasteiger partial charge is 0.283 e. The van der Waals surface area contributed by atoms with Gasteiger partial charge in [-0.1, -0.05) is 60.3 Å². The average Bonchev–Trinajstić information content (AvgIpc) is 2.62. The number of sulfonamides is 1. The SMILES string of the molecule is Cl.NS(=O)(=O)c1ccc([N+](=O)[O-])c(Sc2ccccc2)c1-c1ccccc1. The minimum atomic E-state index is -4.07. The van der Waals surface area contributed by atoms with Crippen molar-refractivity contribution in [2.75, 3.05) is 0 Å². The summed E-state index contributed by atoms with van der Waals surface area (Å²) in [4.78, 5) is 11.9. The van der Waals surface area contributed by atoms with Gasteiger partial charge < -0.3 is 0 Å². The van der Waals surface area contributed by atoms with Gasteiger partial charge in [0.1, 0.15) is 0 Å². The van der Waals surface area contributed by atoms with Gasteiger partial charge in [0.05, 0.1) is 14.7 Å². The molecule has 2 N–H and O–H groups in total. The van der Waals surface area contributed by atoms with E-state index in [9.17, 15) is 18.5 Å². The number of hydrogen-bond acceptors (Lipinski definition) is 5. The third-order valence-electron chi connectivity index (χ3n) is 3.63. The summed E-state index contributed by atoms with van der Waals surface area (Å²) in [5.74, 6) is 0. The van der Waals surface area contributed by atoms with Gasteiger partial charge >= 0.3 is 0 Å². The standard InChI is InChI=1S/C18H14N2O4S2.ClH/c19-26(23,24)16-12-11-15(20(21)22)18(25-14-9-5-2-6-10-14)17(16)13-7-3-1-4-8-13;/h1-12H,(H2,19,23,24);1H. The summed E-state index contributed by atoms with van der Waals surface area (Å²) in [7, 11) is -4.07. The highest BCUT2D eigenvalue weighted by molar-refractivity contribution is 7.99. The van der Waals surface area contributed by atoms with Crippen LogP contribution in [0.15, 0.2) is 87.5 Å². The lowest BCUT2D eigenvalue weighted by Gasteiger charge is -2.14. The first-order valence-electron chi connectivity index (χ1n) is 7.50. The van der Waals surface area contributed by atoms with Crippen molar-refractivity contribution in [2.24, 2.45) is 5.14 Å². The Bertz CT molecular complexity index is 1060. The Morgan fingerprint density at radius 1 is 0.889 bits per heavy atom. The highest BCUT2D eigenvalue weighted by Crippen LogP contribution is 2.44. The lowest BCUT2D eigenvalue weighted by molar-refractivity contribution is -0.387. The van der Waals surface area contributed by atoms with Crippen molar-refractivity contribution in [3.63, 3.8) is 0 Å². The molecule has 0 saturated heterocycles. The molecular formula is C18H15ClN2O4S2. The number of hydrogen-bond donors (Lipinski definition) is 1. The van der Waals surface area contributed by atoms with Crippen molar-refractivity contribution in [3.8, 4) is 11.1 Å². The second-order valence-electron chi connectivity index (χ2n) is 5.37. The van der Waals surface area contributed by atoms with Gasteiger partial charge in [-0.05, 0) is 23.8 Å². The van der Waals surface area contributed by atoms with Crippen molar-refractivity contribution in [2.45, 2.75) is 14.7 Å². The molecule has 0 spiro atoms. The van der Waals surface area contributed by atoms with E-state index < -0.39 is 14.9 Å². The van der Waals surface area contributed by atoms with Gasteiger partial charge in [-0.2, -0.15) is 0 Å². The molecule has 9 heteroatoms. The van der Waals surface area contributed by atoms with Gasteiger partial charge in [0.2, 0.25) is 10.0 Å². The summed E-state index contributed by atoms with van der Waals surface area (Å²) in [6.07, 6.45) is 0. The fourth-order valence-electron chi connectivity index (χ4n) is 2.52. The zero-order chi connectivity index (χ0) is 18.7. The predicted octanol–water partition coefficient (Wildman–Crippen LogP) is 4.48. The lowest BCUT2D eigenvalue weighted by atomic mass is 10.0. The molecule has 3 rings (SSSR count). The number of nitro benzene ring substituents is 1. The van der Waals surface area contributed by atoms with Crippen LogP contribution in [-0.2, 0) is 10.0 Å².